The molecule has 24 heavy (non-hydrogen) atoms. The van der Waals surface area contributed by atoms with E-state index in [1.165, 1.54) is 12.1 Å². The monoisotopic (exact) mass is 397 g/mol. The second kappa shape index (κ2) is 7.19. The Morgan fingerprint density at radius 3 is 2.62 bits per heavy atom. The summed E-state index contributed by atoms with van der Waals surface area (Å²) < 4.78 is 14.0. The Kier molecular flexibility index (Phi) is 5.20. The maximum absolute atomic E-state index is 13.7. The second-order valence-corrected chi connectivity index (χ2v) is 7.41. The molecule has 0 radical (unpaired) electrons. The summed E-state index contributed by atoms with van der Waals surface area (Å²) in [4.78, 5) is 28.7. The van der Waals surface area contributed by atoms with Crippen molar-refractivity contribution in [1.29, 1.82) is 0 Å². The van der Waals surface area contributed by atoms with Crippen LogP contribution in [0, 0.1) is 11.7 Å². The zero-order valence-electron chi connectivity index (χ0n) is 13.4. The lowest BCUT2D eigenvalue weighted by Crippen LogP contribution is -2.46. The first-order valence-corrected chi connectivity index (χ1v) is 9.03. The van der Waals surface area contributed by atoms with Gasteiger partial charge < -0.3 is 15.5 Å². The summed E-state index contributed by atoms with van der Waals surface area (Å²) in [7, 11) is 0. The van der Waals surface area contributed by atoms with Gasteiger partial charge in [0.2, 0.25) is 5.91 Å². The molecule has 3 rings (SSSR count). The van der Waals surface area contributed by atoms with Gasteiger partial charge in [-0.2, -0.15) is 0 Å². The normalized spacial score (nSPS) is 24.3. The van der Waals surface area contributed by atoms with E-state index in [0.717, 1.165) is 19.3 Å². The van der Waals surface area contributed by atoms with E-state index in [1.807, 2.05) is 4.90 Å². The molecule has 0 bridgehead atoms. The van der Waals surface area contributed by atoms with Crippen LogP contribution >= 0.6 is 15.9 Å². The van der Waals surface area contributed by atoms with Crippen molar-refractivity contribution in [2.75, 3.05) is 26.2 Å². The van der Waals surface area contributed by atoms with Crippen LogP contribution in [0.5, 0.6) is 0 Å². The molecule has 0 aliphatic carbocycles. The number of benzene rings is 1. The third-order valence-electron chi connectivity index (χ3n) is 4.76. The molecule has 130 valence electrons. The van der Waals surface area contributed by atoms with E-state index in [1.54, 1.807) is 11.0 Å². The molecule has 2 amide bonds. The number of carbonyl (C=O) groups excluding carboxylic acids is 2. The summed E-state index contributed by atoms with van der Waals surface area (Å²) in [6.45, 7) is 2.28. The van der Waals surface area contributed by atoms with E-state index in [9.17, 15) is 14.0 Å². The third-order valence-corrected chi connectivity index (χ3v) is 5.40. The molecule has 2 aliphatic heterocycles. The molecule has 2 N–H and O–H groups in total. The van der Waals surface area contributed by atoms with E-state index >= 15 is 0 Å². The van der Waals surface area contributed by atoms with Crippen LogP contribution in [0.3, 0.4) is 0 Å². The lowest BCUT2D eigenvalue weighted by atomic mass is 9.96. The molecule has 1 aromatic carbocycles. The Hall–Kier alpha value is -1.47. The molecule has 7 heteroatoms. The molecule has 0 saturated carbocycles. The number of hydrogen-bond acceptors (Lipinski definition) is 3. The fraction of sp³-hybridized carbons (Fsp3) is 0.529. The van der Waals surface area contributed by atoms with E-state index in [-0.39, 0.29) is 23.8 Å². The largest absolute Gasteiger partial charge is 0.341 e. The van der Waals surface area contributed by atoms with E-state index in [2.05, 4.69) is 15.9 Å². The van der Waals surface area contributed by atoms with Gasteiger partial charge in [-0.3, -0.25) is 9.59 Å². The lowest BCUT2D eigenvalue weighted by Gasteiger charge is -2.34. The zero-order chi connectivity index (χ0) is 17.3. The Balaban J connectivity index is 1.67. The van der Waals surface area contributed by atoms with E-state index < -0.39 is 5.82 Å². The first-order valence-electron chi connectivity index (χ1n) is 8.24. The van der Waals surface area contributed by atoms with Crippen molar-refractivity contribution in [2.45, 2.75) is 25.3 Å². The number of nitrogens with two attached hydrogens (primary N) is 1. The predicted octanol–water partition coefficient (Wildman–Crippen LogP) is 2.00. The Morgan fingerprint density at radius 2 is 1.96 bits per heavy atom. The van der Waals surface area contributed by atoms with Crippen LogP contribution in [-0.4, -0.2) is 53.8 Å². The number of halogens is 2. The van der Waals surface area contributed by atoms with Gasteiger partial charge in [0.15, 0.2) is 0 Å². The van der Waals surface area contributed by atoms with E-state index in [0.29, 0.717) is 36.2 Å². The molecule has 2 saturated heterocycles. The predicted molar refractivity (Wildman–Crippen MR) is 91.9 cm³/mol. The number of likely N-dealkylation sites (tertiary alicyclic amines) is 2. The number of nitrogens with zero attached hydrogens (tertiary/aromatic N) is 2. The highest BCUT2D eigenvalue weighted by molar-refractivity contribution is 9.10. The summed E-state index contributed by atoms with van der Waals surface area (Å²) in [6, 6.07) is 4.42. The minimum Gasteiger partial charge on any atom is -0.341 e. The molecule has 1 unspecified atom stereocenters. The Labute approximate surface area is 149 Å². The minimum absolute atomic E-state index is 0.0565. The average Bonchev–Trinajstić information content (AvgIpc) is 3.02. The standard InChI is InChI=1S/C17H21BrFN3O2/c18-14-4-3-11(8-15(14)19)16(23)21-6-1-2-12(9-21)17(24)22-7-5-13(20)10-22/h3-4,8,12-13H,1-2,5-7,9-10,20H2/t12?,13-/m1/s1. The molecular formula is C17H21BrFN3O2. The van der Waals surface area contributed by atoms with Crippen molar-refractivity contribution in [1.82, 2.24) is 9.80 Å². The van der Waals surface area contributed by atoms with Crippen molar-refractivity contribution in [3.05, 3.63) is 34.1 Å². The first-order chi connectivity index (χ1) is 11.5. The third kappa shape index (κ3) is 3.62. The number of piperidine rings is 1. The maximum atomic E-state index is 13.7. The highest BCUT2D eigenvalue weighted by Crippen LogP contribution is 2.23. The van der Waals surface area contributed by atoms with Crippen LogP contribution in [0.1, 0.15) is 29.6 Å². The van der Waals surface area contributed by atoms with Gasteiger partial charge in [0.1, 0.15) is 5.82 Å². The van der Waals surface area contributed by atoms with Crippen molar-refractivity contribution in [3.63, 3.8) is 0 Å². The summed E-state index contributed by atoms with van der Waals surface area (Å²) in [6.07, 6.45) is 2.39. The molecule has 1 aromatic rings. The molecule has 2 fully saturated rings. The van der Waals surface area contributed by atoms with Crippen LogP contribution in [0.15, 0.2) is 22.7 Å². The van der Waals surface area contributed by atoms with Gasteiger partial charge in [0.05, 0.1) is 10.4 Å². The molecular weight excluding hydrogens is 377 g/mol. The quantitative estimate of drug-likeness (QED) is 0.829. The summed E-state index contributed by atoms with van der Waals surface area (Å²) in [5.41, 5.74) is 6.18. The fourth-order valence-electron chi connectivity index (χ4n) is 3.42. The number of hydrogen-bond donors (Lipinski definition) is 1. The number of amides is 2. The topological polar surface area (TPSA) is 66.6 Å². The summed E-state index contributed by atoms with van der Waals surface area (Å²) in [5, 5.41) is 0. The number of carbonyl (C=O) groups is 2. The van der Waals surface area contributed by atoms with Crippen LogP contribution in [0.2, 0.25) is 0 Å². The average molecular weight is 398 g/mol. The fourth-order valence-corrected chi connectivity index (χ4v) is 3.67. The maximum Gasteiger partial charge on any atom is 0.253 e. The van der Waals surface area contributed by atoms with Gasteiger partial charge in [-0.15, -0.1) is 0 Å². The van der Waals surface area contributed by atoms with Crippen LogP contribution in [-0.2, 0) is 4.79 Å². The molecule has 0 aromatic heterocycles. The first kappa shape index (κ1) is 17.4. The van der Waals surface area contributed by atoms with Crippen LogP contribution in [0.25, 0.3) is 0 Å². The molecule has 5 nitrogen and oxygen atoms in total. The van der Waals surface area contributed by atoms with Gasteiger partial charge in [-0.25, -0.2) is 4.39 Å². The van der Waals surface area contributed by atoms with E-state index in [4.69, 9.17) is 5.73 Å². The summed E-state index contributed by atoms with van der Waals surface area (Å²) in [5.74, 6) is -0.788. The molecule has 2 heterocycles. The smallest absolute Gasteiger partial charge is 0.253 e. The van der Waals surface area contributed by atoms with Crippen molar-refractivity contribution < 1.29 is 14.0 Å². The molecule has 0 spiro atoms. The van der Waals surface area contributed by atoms with Gasteiger partial charge in [-0.1, -0.05) is 0 Å². The Bertz CT molecular complexity index is 655. The van der Waals surface area contributed by atoms with Gasteiger partial charge >= 0.3 is 0 Å². The van der Waals surface area contributed by atoms with Crippen molar-refractivity contribution >= 4 is 27.7 Å². The Morgan fingerprint density at radius 1 is 1.17 bits per heavy atom. The highest BCUT2D eigenvalue weighted by Gasteiger charge is 2.34. The summed E-state index contributed by atoms with van der Waals surface area (Å²) >= 11 is 3.09. The van der Waals surface area contributed by atoms with Crippen LogP contribution in [0.4, 0.5) is 4.39 Å². The molecule has 2 atom stereocenters. The highest BCUT2D eigenvalue weighted by atomic mass is 79.9. The second-order valence-electron chi connectivity index (χ2n) is 6.55. The van der Waals surface area contributed by atoms with Gasteiger partial charge in [-0.05, 0) is 53.4 Å². The SMILES string of the molecule is N[C@@H]1CCN(C(=O)C2CCCN(C(=O)c3ccc(Br)c(F)c3)C2)C1. The number of rotatable bonds is 2. The lowest BCUT2D eigenvalue weighted by molar-refractivity contribution is -0.135. The molecule has 2 aliphatic rings. The minimum atomic E-state index is -0.462. The zero-order valence-corrected chi connectivity index (χ0v) is 15.0. The van der Waals surface area contributed by atoms with Gasteiger partial charge in [0.25, 0.3) is 5.91 Å². The van der Waals surface area contributed by atoms with Crippen molar-refractivity contribution in [2.24, 2.45) is 11.7 Å². The van der Waals surface area contributed by atoms with Crippen LogP contribution < -0.4 is 5.73 Å². The van der Waals surface area contributed by atoms with Crippen molar-refractivity contribution in [3.8, 4) is 0 Å². The van der Waals surface area contributed by atoms with Gasteiger partial charge in [0, 0.05) is 37.8 Å².